The van der Waals surface area contributed by atoms with E-state index in [1.807, 2.05) is 25.1 Å². The molecule has 0 bridgehead atoms. The van der Waals surface area contributed by atoms with Crippen molar-refractivity contribution in [2.75, 3.05) is 16.8 Å². The van der Waals surface area contributed by atoms with Gasteiger partial charge in [-0.15, -0.1) is 12.3 Å². The van der Waals surface area contributed by atoms with Crippen LogP contribution in [0.15, 0.2) is 48.4 Å². The van der Waals surface area contributed by atoms with Crippen molar-refractivity contribution in [3.63, 3.8) is 0 Å². The van der Waals surface area contributed by atoms with E-state index in [4.69, 9.17) is 17.9 Å². The maximum absolute atomic E-state index is 12.5. The molecule has 1 amide bonds. The van der Waals surface area contributed by atoms with E-state index in [1.165, 1.54) is 0 Å². The van der Waals surface area contributed by atoms with Crippen molar-refractivity contribution in [3.8, 4) is 23.5 Å². The van der Waals surface area contributed by atoms with Crippen LogP contribution in [0, 0.1) is 25.2 Å². The topological polar surface area (TPSA) is 107 Å². The molecule has 0 saturated heterocycles. The van der Waals surface area contributed by atoms with Crippen LogP contribution in [-0.2, 0) is 4.79 Å². The second-order valence-corrected chi connectivity index (χ2v) is 7.99. The SMILES string of the molecule is C#CC1CCC(=CC(=O)Nc2cc3cc(-c4cncc(N)c4C)cc(N)c3cn2)CC1. The molecule has 1 aliphatic rings. The lowest BCUT2D eigenvalue weighted by Crippen LogP contribution is -2.12. The highest BCUT2D eigenvalue weighted by molar-refractivity contribution is 6.02. The lowest BCUT2D eigenvalue weighted by Gasteiger charge is -2.19. The number of terminal acetylenes is 1. The molecule has 0 atom stereocenters. The number of fused-ring (bicyclic) bond motifs is 1. The molecule has 1 fully saturated rings. The average molecular weight is 412 g/mol. The Morgan fingerprint density at radius 1 is 1.16 bits per heavy atom. The van der Waals surface area contributed by atoms with Crippen LogP contribution in [0.5, 0.6) is 0 Å². The van der Waals surface area contributed by atoms with Gasteiger partial charge in [-0.3, -0.25) is 9.78 Å². The monoisotopic (exact) mass is 411 g/mol. The number of aromatic nitrogens is 2. The van der Waals surface area contributed by atoms with Crippen LogP contribution in [0.1, 0.15) is 31.2 Å². The van der Waals surface area contributed by atoms with Crippen LogP contribution in [0.25, 0.3) is 21.9 Å². The summed E-state index contributed by atoms with van der Waals surface area (Å²) in [6, 6.07) is 5.73. The first-order valence-electron chi connectivity index (χ1n) is 10.3. The summed E-state index contributed by atoms with van der Waals surface area (Å²) in [7, 11) is 0. The van der Waals surface area contributed by atoms with Gasteiger partial charge in [0.25, 0.3) is 0 Å². The summed E-state index contributed by atoms with van der Waals surface area (Å²) < 4.78 is 0. The third kappa shape index (κ3) is 4.36. The van der Waals surface area contributed by atoms with Gasteiger partial charge >= 0.3 is 0 Å². The molecule has 2 heterocycles. The van der Waals surface area contributed by atoms with E-state index >= 15 is 0 Å². The molecule has 1 aliphatic carbocycles. The Labute approximate surface area is 181 Å². The fraction of sp³-hybridized carbons (Fsp3) is 0.240. The molecule has 3 aromatic rings. The minimum absolute atomic E-state index is 0.180. The van der Waals surface area contributed by atoms with E-state index in [0.717, 1.165) is 58.7 Å². The quantitative estimate of drug-likeness (QED) is 0.335. The van der Waals surface area contributed by atoms with Gasteiger partial charge in [0.2, 0.25) is 5.91 Å². The number of hydrogen-bond donors (Lipinski definition) is 3. The largest absolute Gasteiger partial charge is 0.398 e. The summed E-state index contributed by atoms with van der Waals surface area (Å²) in [6.45, 7) is 1.95. The van der Waals surface area contributed by atoms with Gasteiger partial charge in [-0.1, -0.05) is 5.57 Å². The van der Waals surface area contributed by atoms with E-state index in [2.05, 4.69) is 21.2 Å². The third-order valence-corrected chi connectivity index (χ3v) is 5.88. The Kier molecular flexibility index (Phi) is 5.59. The summed E-state index contributed by atoms with van der Waals surface area (Å²) in [5.41, 5.74) is 17.4. The summed E-state index contributed by atoms with van der Waals surface area (Å²) in [5, 5.41) is 4.57. The number of benzene rings is 1. The van der Waals surface area contributed by atoms with Gasteiger partial charge in [-0.25, -0.2) is 4.98 Å². The number of nitrogen functional groups attached to an aromatic ring is 2. The first kappa shape index (κ1) is 20.4. The summed E-state index contributed by atoms with van der Waals surface area (Å²) in [4.78, 5) is 21.1. The molecule has 6 nitrogen and oxygen atoms in total. The van der Waals surface area contributed by atoms with Gasteiger partial charge in [0.1, 0.15) is 5.82 Å². The van der Waals surface area contributed by atoms with Crippen molar-refractivity contribution in [2.24, 2.45) is 5.92 Å². The van der Waals surface area contributed by atoms with Crippen LogP contribution < -0.4 is 16.8 Å². The van der Waals surface area contributed by atoms with E-state index in [9.17, 15) is 4.79 Å². The molecule has 4 rings (SSSR count). The number of nitrogens with one attached hydrogen (secondary N) is 1. The molecule has 31 heavy (non-hydrogen) atoms. The predicted octanol–water partition coefficient (Wildman–Crippen LogP) is 4.46. The van der Waals surface area contributed by atoms with Crippen molar-refractivity contribution in [3.05, 3.63) is 54.0 Å². The highest BCUT2D eigenvalue weighted by Gasteiger charge is 2.15. The van der Waals surface area contributed by atoms with Gasteiger partial charge in [-0.2, -0.15) is 0 Å². The van der Waals surface area contributed by atoms with Crippen molar-refractivity contribution >= 4 is 33.9 Å². The fourth-order valence-electron chi connectivity index (χ4n) is 3.99. The van der Waals surface area contributed by atoms with Crippen molar-refractivity contribution < 1.29 is 4.79 Å². The summed E-state index contributed by atoms with van der Waals surface area (Å²) in [5.74, 6) is 3.42. The molecule has 1 saturated carbocycles. The van der Waals surface area contributed by atoms with Crippen LogP contribution >= 0.6 is 0 Å². The van der Waals surface area contributed by atoms with E-state index in [0.29, 0.717) is 23.1 Å². The molecule has 2 aromatic heterocycles. The molecular formula is C25H25N5O. The van der Waals surface area contributed by atoms with Crippen LogP contribution in [-0.4, -0.2) is 15.9 Å². The van der Waals surface area contributed by atoms with Gasteiger partial charge in [0, 0.05) is 41.0 Å². The number of amides is 1. The first-order chi connectivity index (χ1) is 14.9. The van der Waals surface area contributed by atoms with Gasteiger partial charge in [-0.05, 0) is 67.3 Å². The van der Waals surface area contributed by atoms with Gasteiger partial charge < -0.3 is 16.8 Å². The molecule has 156 valence electrons. The summed E-state index contributed by atoms with van der Waals surface area (Å²) in [6.07, 6.45) is 15.8. The van der Waals surface area contributed by atoms with Crippen LogP contribution in [0.3, 0.4) is 0 Å². The Morgan fingerprint density at radius 2 is 1.94 bits per heavy atom. The number of carbonyl (C=O) groups excluding carboxylic acids is 1. The number of carbonyl (C=O) groups is 1. The Bertz CT molecular complexity index is 1230. The fourth-order valence-corrected chi connectivity index (χ4v) is 3.99. The normalized spacial score (nSPS) is 16.0. The number of hydrogen-bond acceptors (Lipinski definition) is 5. The number of rotatable bonds is 3. The number of anilines is 3. The number of nitrogens with zero attached hydrogens (tertiary/aromatic N) is 2. The predicted molar refractivity (Wildman–Crippen MR) is 126 cm³/mol. The molecule has 0 radical (unpaired) electrons. The van der Waals surface area contributed by atoms with E-state index in [1.54, 1.807) is 24.7 Å². The lowest BCUT2D eigenvalue weighted by molar-refractivity contribution is -0.112. The van der Waals surface area contributed by atoms with Crippen molar-refractivity contribution in [1.29, 1.82) is 0 Å². The number of pyridine rings is 2. The zero-order valence-corrected chi connectivity index (χ0v) is 17.5. The zero-order valence-electron chi connectivity index (χ0n) is 17.5. The molecule has 1 aromatic carbocycles. The molecule has 0 aliphatic heterocycles. The lowest BCUT2D eigenvalue weighted by atomic mass is 9.86. The maximum atomic E-state index is 12.5. The second-order valence-electron chi connectivity index (χ2n) is 7.99. The standard InChI is InChI=1S/C25H25N5O/c1-3-16-4-6-17(7-5-16)8-25(31)30-24-11-19-9-18(10-22(26)21(19)13-29-24)20-12-28-14-23(27)15(20)2/h1,8-14,16H,4-7,26-27H2,2H3,(H,29,30,31). The molecular weight excluding hydrogens is 386 g/mol. The minimum atomic E-state index is -0.180. The Hall–Kier alpha value is -3.85. The molecule has 0 spiro atoms. The highest BCUT2D eigenvalue weighted by Crippen LogP contribution is 2.33. The number of nitrogens with two attached hydrogens (primary N) is 2. The van der Waals surface area contributed by atoms with E-state index < -0.39 is 0 Å². The molecule has 0 unspecified atom stereocenters. The number of allylic oxidation sites excluding steroid dienone is 1. The maximum Gasteiger partial charge on any atom is 0.249 e. The van der Waals surface area contributed by atoms with E-state index in [-0.39, 0.29) is 5.91 Å². The average Bonchev–Trinajstić information content (AvgIpc) is 2.76. The van der Waals surface area contributed by atoms with Crippen LogP contribution in [0.2, 0.25) is 0 Å². The Balaban J connectivity index is 1.59. The van der Waals surface area contributed by atoms with Gasteiger partial charge in [0.05, 0.1) is 11.9 Å². The zero-order chi connectivity index (χ0) is 22.0. The van der Waals surface area contributed by atoms with Crippen molar-refractivity contribution in [2.45, 2.75) is 32.6 Å². The highest BCUT2D eigenvalue weighted by atomic mass is 16.1. The first-order valence-corrected chi connectivity index (χ1v) is 10.3. The smallest absolute Gasteiger partial charge is 0.249 e. The second kappa shape index (κ2) is 8.49. The van der Waals surface area contributed by atoms with Crippen LogP contribution in [0.4, 0.5) is 17.2 Å². The Morgan fingerprint density at radius 3 is 2.68 bits per heavy atom. The molecule has 6 heteroatoms. The van der Waals surface area contributed by atoms with Crippen molar-refractivity contribution in [1.82, 2.24) is 9.97 Å². The molecule has 5 N–H and O–H groups in total. The third-order valence-electron chi connectivity index (χ3n) is 5.88. The van der Waals surface area contributed by atoms with Gasteiger partial charge in [0.15, 0.2) is 0 Å². The summed E-state index contributed by atoms with van der Waals surface area (Å²) >= 11 is 0. The minimum Gasteiger partial charge on any atom is -0.398 e.